The Bertz CT molecular complexity index is 998. The highest BCUT2D eigenvalue weighted by Crippen LogP contribution is 2.29. The average molecular weight is 389 g/mol. The molecular formula is C24H24N2OS. The number of carbonyl (C=O) groups is 1. The number of nitrogens with one attached hydrogen (secondary N) is 1. The molecule has 0 fully saturated rings. The Balaban J connectivity index is 1.45. The summed E-state index contributed by atoms with van der Waals surface area (Å²) in [5, 5.41) is 3.04. The van der Waals surface area contributed by atoms with Gasteiger partial charge in [-0.3, -0.25) is 4.79 Å². The number of nitrogens with zero attached hydrogens (tertiary/aromatic N) is 1. The quantitative estimate of drug-likeness (QED) is 0.554. The van der Waals surface area contributed by atoms with Gasteiger partial charge < -0.3 is 9.62 Å². The maximum Gasteiger partial charge on any atom is 0.255 e. The third-order valence-corrected chi connectivity index (χ3v) is 6.04. The van der Waals surface area contributed by atoms with Crippen LogP contribution in [-0.2, 0) is 12.8 Å². The van der Waals surface area contributed by atoms with E-state index in [-0.39, 0.29) is 5.91 Å². The molecule has 0 aliphatic heterocycles. The van der Waals surface area contributed by atoms with Gasteiger partial charge >= 0.3 is 0 Å². The molecule has 1 N–H and O–H groups in total. The van der Waals surface area contributed by atoms with Crippen LogP contribution in [0.25, 0.3) is 0 Å². The fraction of sp³-hybridized carbons (Fsp3) is 0.208. The standard InChI is InChI=1S/C24H24N2OS/c1-17-9-13-22(14-10-17)26(2)28-23-8-4-7-20(16-23)24(27)25-21-12-11-18-5-3-6-19(18)15-21/h4,7-16H,3,5-6H2,1-2H3,(H,25,27). The molecule has 0 aromatic heterocycles. The first-order valence-electron chi connectivity index (χ1n) is 9.60. The van der Waals surface area contributed by atoms with Crippen molar-refractivity contribution in [2.24, 2.45) is 0 Å². The predicted octanol–water partition coefficient (Wildman–Crippen LogP) is 5.88. The third kappa shape index (κ3) is 4.23. The Hall–Kier alpha value is -2.72. The highest BCUT2D eigenvalue weighted by Gasteiger charge is 2.13. The lowest BCUT2D eigenvalue weighted by molar-refractivity contribution is 0.102. The lowest BCUT2D eigenvalue weighted by Gasteiger charge is -2.18. The maximum atomic E-state index is 12.7. The molecule has 0 atom stereocenters. The number of benzene rings is 3. The number of rotatable bonds is 5. The molecule has 0 saturated carbocycles. The van der Waals surface area contributed by atoms with Gasteiger partial charge in [-0.25, -0.2) is 0 Å². The normalized spacial score (nSPS) is 12.5. The lowest BCUT2D eigenvalue weighted by Crippen LogP contribution is -2.12. The van der Waals surface area contributed by atoms with Gasteiger partial charge in [0.05, 0.1) is 0 Å². The Morgan fingerprint density at radius 3 is 2.57 bits per heavy atom. The summed E-state index contributed by atoms with van der Waals surface area (Å²) in [7, 11) is 2.03. The number of fused-ring (bicyclic) bond motifs is 1. The summed E-state index contributed by atoms with van der Waals surface area (Å²) in [6.07, 6.45) is 3.47. The van der Waals surface area contributed by atoms with Crippen LogP contribution >= 0.6 is 11.9 Å². The van der Waals surface area contributed by atoms with Crippen LogP contribution < -0.4 is 9.62 Å². The van der Waals surface area contributed by atoms with Crippen molar-refractivity contribution in [3.8, 4) is 0 Å². The van der Waals surface area contributed by atoms with Gasteiger partial charge in [0.25, 0.3) is 5.91 Å². The topological polar surface area (TPSA) is 32.3 Å². The molecule has 3 aromatic carbocycles. The summed E-state index contributed by atoms with van der Waals surface area (Å²) in [6, 6.07) is 22.4. The minimum absolute atomic E-state index is 0.0709. The second-order valence-electron chi connectivity index (χ2n) is 7.24. The van der Waals surface area contributed by atoms with Gasteiger partial charge in [0.1, 0.15) is 0 Å². The molecule has 4 rings (SSSR count). The summed E-state index contributed by atoms with van der Waals surface area (Å²) >= 11 is 1.61. The molecule has 142 valence electrons. The van der Waals surface area contributed by atoms with Crippen molar-refractivity contribution in [1.29, 1.82) is 0 Å². The van der Waals surface area contributed by atoms with E-state index < -0.39 is 0 Å². The summed E-state index contributed by atoms with van der Waals surface area (Å²) < 4.78 is 2.11. The van der Waals surface area contributed by atoms with Gasteiger partial charge in [0.2, 0.25) is 0 Å². The fourth-order valence-corrected chi connectivity index (χ4v) is 4.37. The van der Waals surface area contributed by atoms with Gasteiger partial charge in [0.15, 0.2) is 0 Å². The molecule has 0 bridgehead atoms. The minimum Gasteiger partial charge on any atom is -0.322 e. The monoisotopic (exact) mass is 388 g/mol. The molecule has 3 nitrogen and oxygen atoms in total. The van der Waals surface area contributed by atoms with E-state index in [1.807, 2.05) is 37.4 Å². The molecule has 1 amide bonds. The highest BCUT2D eigenvalue weighted by atomic mass is 32.2. The summed E-state index contributed by atoms with van der Waals surface area (Å²) in [5.74, 6) is -0.0709. The first-order chi connectivity index (χ1) is 13.6. The van der Waals surface area contributed by atoms with Gasteiger partial charge in [-0.05, 0) is 91.7 Å². The van der Waals surface area contributed by atoms with E-state index in [4.69, 9.17) is 0 Å². The Kier molecular flexibility index (Phi) is 5.40. The number of amides is 1. The van der Waals surface area contributed by atoms with E-state index in [1.165, 1.54) is 23.1 Å². The molecule has 0 spiro atoms. The molecule has 0 saturated heterocycles. The lowest BCUT2D eigenvalue weighted by atomic mass is 10.1. The first-order valence-corrected chi connectivity index (χ1v) is 10.4. The number of carbonyl (C=O) groups excluding carboxylic acids is 1. The molecule has 0 radical (unpaired) electrons. The van der Waals surface area contributed by atoms with E-state index >= 15 is 0 Å². The number of aryl methyl sites for hydroxylation is 3. The zero-order valence-corrected chi connectivity index (χ0v) is 17.1. The Labute approximate surface area is 170 Å². The van der Waals surface area contributed by atoms with E-state index in [2.05, 4.69) is 52.9 Å². The predicted molar refractivity (Wildman–Crippen MR) is 118 cm³/mol. The van der Waals surface area contributed by atoms with Crippen LogP contribution in [-0.4, -0.2) is 13.0 Å². The van der Waals surface area contributed by atoms with E-state index in [0.717, 1.165) is 29.1 Å². The highest BCUT2D eigenvalue weighted by molar-refractivity contribution is 8.00. The molecule has 4 heteroatoms. The zero-order chi connectivity index (χ0) is 19.5. The smallest absolute Gasteiger partial charge is 0.255 e. The average Bonchev–Trinajstić information content (AvgIpc) is 3.16. The van der Waals surface area contributed by atoms with E-state index in [1.54, 1.807) is 11.9 Å². The van der Waals surface area contributed by atoms with Crippen molar-refractivity contribution in [2.45, 2.75) is 31.1 Å². The van der Waals surface area contributed by atoms with Crippen LogP contribution in [0.2, 0.25) is 0 Å². The number of hydrogen-bond donors (Lipinski definition) is 1. The number of hydrogen-bond acceptors (Lipinski definition) is 3. The summed E-state index contributed by atoms with van der Waals surface area (Å²) in [4.78, 5) is 13.8. The number of anilines is 2. The maximum absolute atomic E-state index is 12.7. The summed E-state index contributed by atoms with van der Waals surface area (Å²) in [5.41, 5.74) is 6.69. The molecule has 1 aliphatic rings. The molecule has 0 heterocycles. The Morgan fingerprint density at radius 2 is 1.75 bits per heavy atom. The van der Waals surface area contributed by atoms with Crippen molar-refractivity contribution in [2.75, 3.05) is 16.7 Å². The van der Waals surface area contributed by atoms with Crippen molar-refractivity contribution in [3.63, 3.8) is 0 Å². The molecule has 3 aromatic rings. The molecular weight excluding hydrogens is 364 g/mol. The zero-order valence-electron chi connectivity index (χ0n) is 16.2. The van der Waals surface area contributed by atoms with Crippen LogP contribution in [0, 0.1) is 6.92 Å². The second kappa shape index (κ2) is 8.11. The summed E-state index contributed by atoms with van der Waals surface area (Å²) in [6.45, 7) is 2.08. The largest absolute Gasteiger partial charge is 0.322 e. The van der Waals surface area contributed by atoms with Gasteiger partial charge in [0, 0.05) is 28.9 Å². The second-order valence-corrected chi connectivity index (χ2v) is 8.45. The molecule has 28 heavy (non-hydrogen) atoms. The van der Waals surface area contributed by atoms with Crippen LogP contribution in [0.15, 0.2) is 71.6 Å². The van der Waals surface area contributed by atoms with Gasteiger partial charge in [-0.2, -0.15) is 0 Å². The fourth-order valence-electron chi connectivity index (χ4n) is 3.51. The van der Waals surface area contributed by atoms with Crippen molar-refractivity contribution < 1.29 is 4.79 Å². The van der Waals surface area contributed by atoms with Gasteiger partial charge in [-0.1, -0.05) is 29.8 Å². The third-order valence-electron chi connectivity index (χ3n) is 5.09. The Morgan fingerprint density at radius 1 is 0.964 bits per heavy atom. The first kappa shape index (κ1) is 18.6. The molecule has 0 unspecified atom stereocenters. The van der Waals surface area contributed by atoms with Crippen LogP contribution in [0.5, 0.6) is 0 Å². The van der Waals surface area contributed by atoms with Gasteiger partial charge in [-0.15, -0.1) is 0 Å². The van der Waals surface area contributed by atoms with E-state index in [9.17, 15) is 4.79 Å². The van der Waals surface area contributed by atoms with Crippen molar-refractivity contribution in [1.82, 2.24) is 0 Å². The minimum atomic E-state index is -0.0709. The van der Waals surface area contributed by atoms with Crippen LogP contribution in [0.1, 0.15) is 33.5 Å². The van der Waals surface area contributed by atoms with Crippen molar-refractivity contribution in [3.05, 3.63) is 89.0 Å². The van der Waals surface area contributed by atoms with Crippen molar-refractivity contribution >= 4 is 29.2 Å². The van der Waals surface area contributed by atoms with E-state index in [0.29, 0.717) is 5.56 Å². The SMILES string of the molecule is Cc1ccc(N(C)Sc2cccc(C(=O)Nc3ccc4c(c3)CCC4)c2)cc1. The van der Waals surface area contributed by atoms with Crippen LogP contribution in [0.3, 0.4) is 0 Å². The van der Waals surface area contributed by atoms with Crippen LogP contribution in [0.4, 0.5) is 11.4 Å². The molecule has 1 aliphatic carbocycles.